The highest BCUT2D eigenvalue weighted by Gasteiger charge is 2.50. The molecule has 1 fully saturated rings. The molecule has 1 aromatic heterocycles. The largest absolute Gasteiger partial charge is 0.364 e. The van der Waals surface area contributed by atoms with Crippen LogP contribution in [0.1, 0.15) is 24.6 Å². The highest BCUT2D eigenvalue weighted by atomic mass is 15.1. The molecular formula is C12H21N3. The molecule has 0 saturated heterocycles. The van der Waals surface area contributed by atoms with E-state index in [1.54, 1.807) is 0 Å². The Kier molecular flexibility index (Phi) is 2.85. The van der Waals surface area contributed by atoms with Crippen LogP contribution < -0.4 is 5.32 Å². The molecule has 3 nitrogen and oxygen atoms in total. The standard InChI is InChI=1S/C12H21N3/c1-13-9-12(6-7-12)11(15(2)3)10-5-4-8-14-10/h4-5,8,11,13-14H,6-7,9H2,1-3H3. The molecular weight excluding hydrogens is 186 g/mol. The molecule has 1 aliphatic rings. The van der Waals surface area contributed by atoms with Crippen molar-refractivity contribution in [2.24, 2.45) is 5.41 Å². The van der Waals surface area contributed by atoms with Gasteiger partial charge >= 0.3 is 0 Å². The number of nitrogens with zero attached hydrogens (tertiary/aromatic N) is 1. The molecule has 2 rings (SSSR count). The Morgan fingerprint density at radius 2 is 2.27 bits per heavy atom. The van der Waals surface area contributed by atoms with E-state index in [0.29, 0.717) is 11.5 Å². The fourth-order valence-corrected chi connectivity index (χ4v) is 2.73. The van der Waals surface area contributed by atoms with E-state index in [1.165, 1.54) is 18.5 Å². The number of aromatic amines is 1. The Hall–Kier alpha value is -0.800. The van der Waals surface area contributed by atoms with Gasteiger partial charge in [-0.1, -0.05) is 0 Å². The van der Waals surface area contributed by atoms with E-state index in [4.69, 9.17) is 0 Å². The van der Waals surface area contributed by atoms with Crippen molar-refractivity contribution in [3.05, 3.63) is 24.0 Å². The van der Waals surface area contributed by atoms with Crippen LogP contribution in [-0.4, -0.2) is 37.6 Å². The zero-order valence-corrected chi connectivity index (χ0v) is 9.88. The molecule has 0 spiro atoms. The summed E-state index contributed by atoms with van der Waals surface area (Å²) in [6.07, 6.45) is 4.67. The fraction of sp³-hybridized carbons (Fsp3) is 0.667. The van der Waals surface area contributed by atoms with Gasteiger partial charge in [-0.15, -0.1) is 0 Å². The van der Waals surface area contributed by atoms with Gasteiger partial charge in [-0.25, -0.2) is 0 Å². The van der Waals surface area contributed by atoms with Gasteiger partial charge in [-0.3, -0.25) is 0 Å². The minimum absolute atomic E-state index is 0.448. The molecule has 1 heterocycles. The second kappa shape index (κ2) is 3.99. The SMILES string of the molecule is CNCC1(C(c2ccc[nH]2)N(C)C)CC1. The van der Waals surface area contributed by atoms with Crippen LogP contribution in [0, 0.1) is 5.41 Å². The van der Waals surface area contributed by atoms with E-state index in [0.717, 1.165) is 6.54 Å². The summed E-state index contributed by atoms with van der Waals surface area (Å²) in [4.78, 5) is 5.68. The number of rotatable bonds is 5. The molecule has 15 heavy (non-hydrogen) atoms. The first-order valence-corrected chi connectivity index (χ1v) is 5.64. The Bertz CT molecular complexity index is 299. The van der Waals surface area contributed by atoms with Gasteiger partial charge in [0, 0.05) is 23.9 Å². The average molecular weight is 207 g/mol. The van der Waals surface area contributed by atoms with Crippen molar-refractivity contribution in [1.29, 1.82) is 0 Å². The topological polar surface area (TPSA) is 31.1 Å². The third-order valence-corrected chi connectivity index (χ3v) is 3.43. The zero-order chi connectivity index (χ0) is 10.9. The quantitative estimate of drug-likeness (QED) is 0.768. The summed E-state index contributed by atoms with van der Waals surface area (Å²) in [5, 5.41) is 3.33. The molecule has 1 unspecified atom stereocenters. The van der Waals surface area contributed by atoms with Gasteiger partial charge in [0.1, 0.15) is 0 Å². The molecule has 1 atom stereocenters. The fourth-order valence-electron chi connectivity index (χ4n) is 2.73. The number of hydrogen-bond donors (Lipinski definition) is 2. The highest BCUT2D eigenvalue weighted by Crippen LogP contribution is 2.55. The predicted octanol–water partition coefficient (Wildman–Crippen LogP) is 1.62. The van der Waals surface area contributed by atoms with E-state index in [2.05, 4.69) is 41.4 Å². The Labute approximate surface area is 91.9 Å². The normalized spacial score (nSPS) is 20.5. The predicted molar refractivity (Wildman–Crippen MR) is 62.8 cm³/mol. The molecule has 0 amide bonds. The lowest BCUT2D eigenvalue weighted by molar-refractivity contribution is 0.187. The van der Waals surface area contributed by atoms with Gasteiger partial charge in [-0.05, 0) is 46.1 Å². The minimum atomic E-state index is 0.448. The Balaban J connectivity index is 2.21. The lowest BCUT2D eigenvalue weighted by Crippen LogP contribution is -2.34. The monoisotopic (exact) mass is 207 g/mol. The molecule has 1 aliphatic carbocycles. The van der Waals surface area contributed by atoms with Crippen molar-refractivity contribution in [2.75, 3.05) is 27.7 Å². The molecule has 2 N–H and O–H groups in total. The second-order valence-corrected chi connectivity index (χ2v) is 4.88. The molecule has 3 heteroatoms. The van der Waals surface area contributed by atoms with Crippen LogP contribution in [0.4, 0.5) is 0 Å². The van der Waals surface area contributed by atoms with Crippen molar-refractivity contribution in [1.82, 2.24) is 15.2 Å². The van der Waals surface area contributed by atoms with Gasteiger partial charge in [0.2, 0.25) is 0 Å². The van der Waals surface area contributed by atoms with E-state index >= 15 is 0 Å². The third-order valence-electron chi connectivity index (χ3n) is 3.43. The summed E-state index contributed by atoms with van der Waals surface area (Å²) in [5.41, 5.74) is 1.79. The van der Waals surface area contributed by atoms with Crippen molar-refractivity contribution in [2.45, 2.75) is 18.9 Å². The van der Waals surface area contributed by atoms with Crippen LogP contribution in [0.15, 0.2) is 18.3 Å². The van der Waals surface area contributed by atoms with Gasteiger partial charge in [-0.2, -0.15) is 0 Å². The van der Waals surface area contributed by atoms with Crippen LogP contribution in [0.2, 0.25) is 0 Å². The third kappa shape index (κ3) is 1.94. The number of aromatic nitrogens is 1. The molecule has 0 radical (unpaired) electrons. The van der Waals surface area contributed by atoms with Gasteiger partial charge in [0.15, 0.2) is 0 Å². The molecule has 1 aromatic rings. The van der Waals surface area contributed by atoms with E-state index in [1.807, 2.05) is 13.2 Å². The summed E-state index contributed by atoms with van der Waals surface area (Å²) < 4.78 is 0. The van der Waals surface area contributed by atoms with Crippen molar-refractivity contribution >= 4 is 0 Å². The summed E-state index contributed by atoms with van der Waals surface area (Å²) in [5.74, 6) is 0. The van der Waals surface area contributed by atoms with E-state index < -0.39 is 0 Å². The number of H-pyrrole nitrogens is 1. The number of hydrogen-bond acceptors (Lipinski definition) is 2. The Morgan fingerprint density at radius 1 is 1.53 bits per heavy atom. The summed E-state index contributed by atoms with van der Waals surface area (Å²) >= 11 is 0. The second-order valence-electron chi connectivity index (χ2n) is 4.88. The molecule has 0 bridgehead atoms. The van der Waals surface area contributed by atoms with Gasteiger partial charge in [0.05, 0.1) is 6.04 Å². The smallest absolute Gasteiger partial charge is 0.0562 e. The molecule has 0 aliphatic heterocycles. The minimum Gasteiger partial charge on any atom is -0.364 e. The first-order valence-electron chi connectivity index (χ1n) is 5.64. The molecule has 1 saturated carbocycles. The van der Waals surface area contributed by atoms with Crippen LogP contribution >= 0.6 is 0 Å². The van der Waals surface area contributed by atoms with Crippen LogP contribution in [-0.2, 0) is 0 Å². The average Bonchev–Trinajstić information content (AvgIpc) is 2.76. The van der Waals surface area contributed by atoms with Crippen molar-refractivity contribution in [3.8, 4) is 0 Å². The Morgan fingerprint density at radius 3 is 2.67 bits per heavy atom. The van der Waals surface area contributed by atoms with Crippen molar-refractivity contribution < 1.29 is 0 Å². The molecule has 0 aromatic carbocycles. The lowest BCUT2D eigenvalue weighted by atomic mass is 9.92. The van der Waals surface area contributed by atoms with Crippen molar-refractivity contribution in [3.63, 3.8) is 0 Å². The first kappa shape index (κ1) is 10.7. The maximum atomic E-state index is 3.35. The van der Waals surface area contributed by atoms with Crippen LogP contribution in [0.5, 0.6) is 0 Å². The maximum Gasteiger partial charge on any atom is 0.0562 e. The van der Waals surface area contributed by atoms with Gasteiger partial charge < -0.3 is 15.2 Å². The first-order chi connectivity index (χ1) is 7.19. The zero-order valence-electron chi connectivity index (χ0n) is 9.88. The highest BCUT2D eigenvalue weighted by molar-refractivity contribution is 5.18. The summed E-state index contributed by atoms with van der Waals surface area (Å²) in [6, 6.07) is 4.79. The summed E-state index contributed by atoms with van der Waals surface area (Å²) in [6.45, 7) is 1.11. The summed E-state index contributed by atoms with van der Waals surface area (Å²) in [7, 11) is 6.38. The lowest BCUT2D eigenvalue weighted by Gasteiger charge is -2.32. The van der Waals surface area contributed by atoms with E-state index in [-0.39, 0.29) is 0 Å². The van der Waals surface area contributed by atoms with Crippen LogP contribution in [0.3, 0.4) is 0 Å². The van der Waals surface area contributed by atoms with E-state index in [9.17, 15) is 0 Å². The number of nitrogens with one attached hydrogen (secondary N) is 2. The van der Waals surface area contributed by atoms with Crippen LogP contribution in [0.25, 0.3) is 0 Å². The van der Waals surface area contributed by atoms with Gasteiger partial charge in [0.25, 0.3) is 0 Å². The molecule has 84 valence electrons. The maximum absolute atomic E-state index is 3.35.